The number of benzene rings is 2. The third-order valence-electron chi connectivity index (χ3n) is 6.46. The van der Waals surface area contributed by atoms with Crippen LogP contribution in [0.5, 0.6) is 0 Å². The zero-order chi connectivity index (χ0) is 28.0. The number of alkyl halides is 3. The van der Waals surface area contributed by atoms with Gasteiger partial charge in [0.25, 0.3) is 0 Å². The molecular formula is C28H28ClF3N8. The molecular weight excluding hydrogens is 541 g/mol. The molecule has 1 aliphatic heterocycles. The lowest BCUT2D eigenvalue weighted by molar-refractivity contribution is -0.137. The summed E-state index contributed by atoms with van der Waals surface area (Å²) in [5, 5.41) is 6.90. The fourth-order valence-electron chi connectivity index (χ4n) is 4.38. The van der Waals surface area contributed by atoms with E-state index in [1.807, 2.05) is 29.2 Å². The fraction of sp³-hybridized carbons (Fsp3) is 0.286. The minimum Gasteiger partial charge on any atom is -0.354 e. The lowest BCUT2D eigenvalue weighted by atomic mass is 10.1. The molecule has 2 aromatic heterocycles. The van der Waals surface area contributed by atoms with Crippen molar-refractivity contribution in [1.82, 2.24) is 19.9 Å². The van der Waals surface area contributed by atoms with Crippen LogP contribution in [0.3, 0.4) is 0 Å². The number of aryl methyl sites for hydroxylation is 1. The second kappa shape index (κ2) is 12.4. The van der Waals surface area contributed by atoms with Gasteiger partial charge in [0.05, 0.1) is 10.6 Å². The number of piperazine rings is 1. The van der Waals surface area contributed by atoms with E-state index in [1.54, 1.807) is 12.3 Å². The average molecular weight is 569 g/mol. The molecule has 2 N–H and O–H groups in total. The Kier molecular flexibility index (Phi) is 8.49. The molecule has 12 heteroatoms. The largest absolute Gasteiger partial charge is 0.416 e. The maximum absolute atomic E-state index is 13.0. The summed E-state index contributed by atoms with van der Waals surface area (Å²) in [5.74, 6) is 1.85. The van der Waals surface area contributed by atoms with E-state index < -0.39 is 11.7 Å². The SMILES string of the molecule is FC(F)(F)c1ccc(Nc2nc(NCCCc3ccccc3)nc(N3CCN(c4ncccc4Cl)CC3)n2)cc1. The van der Waals surface area contributed by atoms with Crippen molar-refractivity contribution in [2.75, 3.05) is 53.2 Å². The number of hydrogen-bond acceptors (Lipinski definition) is 8. The molecule has 8 nitrogen and oxygen atoms in total. The Morgan fingerprint density at radius 1 is 0.800 bits per heavy atom. The van der Waals surface area contributed by atoms with Crippen LogP contribution >= 0.6 is 11.6 Å². The molecule has 0 radical (unpaired) electrons. The number of aromatic nitrogens is 4. The van der Waals surface area contributed by atoms with E-state index in [-0.39, 0.29) is 5.95 Å². The monoisotopic (exact) mass is 568 g/mol. The number of hydrogen-bond donors (Lipinski definition) is 2. The molecule has 208 valence electrons. The van der Waals surface area contributed by atoms with Gasteiger partial charge in [-0.3, -0.25) is 0 Å². The summed E-state index contributed by atoms with van der Waals surface area (Å²) in [6.45, 7) is 3.24. The highest BCUT2D eigenvalue weighted by atomic mass is 35.5. The van der Waals surface area contributed by atoms with E-state index in [4.69, 9.17) is 11.6 Å². The van der Waals surface area contributed by atoms with Gasteiger partial charge in [0.2, 0.25) is 17.8 Å². The van der Waals surface area contributed by atoms with Crippen molar-refractivity contribution >= 4 is 41.0 Å². The highest BCUT2D eigenvalue weighted by Gasteiger charge is 2.30. The fourth-order valence-corrected chi connectivity index (χ4v) is 4.62. The molecule has 40 heavy (non-hydrogen) atoms. The Hall–Kier alpha value is -4.12. The summed E-state index contributed by atoms with van der Waals surface area (Å²) in [5.41, 5.74) is 0.965. The maximum atomic E-state index is 13.0. The Labute approximate surface area is 235 Å². The number of pyridine rings is 1. The topological polar surface area (TPSA) is 82.1 Å². The van der Waals surface area contributed by atoms with Crippen LogP contribution in [0, 0.1) is 0 Å². The number of rotatable bonds is 9. The molecule has 0 unspecified atom stereocenters. The minimum absolute atomic E-state index is 0.241. The van der Waals surface area contributed by atoms with Crippen molar-refractivity contribution in [2.45, 2.75) is 19.0 Å². The van der Waals surface area contributed by atoms with Gasteiger partial charge in [0, 0.05) is 44.6 Å². The van der Waals surface area contributed by atoms with Crippen LogP contribution in [-0.4, -0.2) is 52.7 Å². The first-order valence-electron chi connectivity index (χ1n) is 12.9. The molecule has 0 bridgehead atoms. The second-order valence-corrected chi connectivity index (χ2v) is 9.69. The molecule has 1 fully saturated rings. The number of nitrogens with zero attached hydrogens (tertiary/aromatic N) is 6. The van der Waals surface area contributed by atoms with Crippen molar-refractivity contribution in [3.05, 3.63) is 89.1 Å². The van der Waals surface area contributed by atoms with Gasteiger partial charge >= 0.3 is 6.18 Å². The summed E-state index contributed by atoms with van der Waals surface area (Å²) < 4.78 is 39.0. The highest BCUT2D eigenvalue weighted by Crippen LogP contribution is 2.30. The molecule has 0 saturated carbocycles. The van der Waals surface area contributed by atoms with Crippen molar-refractivity contribution < 1.29 is 13.2 Å². The lowest BCUT2D eigenvalue weighted by Gasteiger charge is -2.35. The standard InChI is InChI=1S/C28H28ClF3N8/c29-23-9-5-14-33-24(23)39-16-18-40(19-17-39)27-37-25(34-15-4-8-20-6-2-1-3-7-20)36-26(38-27)35-22-12-10-21(11-13-22)28(30,31)32/h1-3,5-7,9-14H,4,8,15-19H2,(H2,34,35,36,37,38). The smallest absolute Gasteiger partial charge is 0.354 e. The van der Waals surface area contributed by atoms with Crippen LogP contribution in [0.1, 0.15) is 17.5 Å². The summed E-state index contributed by atoms with van der Waals surface area (Å²) >= 11 is 6.33. The molecule has 0 atom stereocenters. The lowest BCUT2D eigenvalue weighted by Crippen LogP contribution is -2.47. The van der Waals surface area contributed by atoms with Crippen LogP contribution in [0.2, 0.25) is 5.02 Å². The number of halogens is 4. The van der Waals surface area contributed by atoms with E-state index in [1.165, 1.54) is 17.7 Å². The molecule has 0 aliphatic carbocycles. The first-order valence-corrected chi connectivity index (χ1v) is 13.3. The molecule has 4 aromatic rings. The van der Waals surface area contributed by atoms with Crippen molar-refractivity contribution in [2.24, 2.45) is 0 Å². The Morgan fingerprint density at radius 2 is 1.50 bits per heavy atom. The van der Waals surface area contributed by atoms with Crippen LogP contribution in [0.15, 0.2) is 72.9 Å². The van der Waals surface area contributed by atoms with E-state index in [0.29, 0.717) is 55.3 Å². The van der Waals surface area contributed by atoms with Crippen LogP contribution in [0.4, 0.5) is 42.5 Å². The molecule has 0 amide bonds. The van der Waals surface area contributed by atoms with Gasteiger partial charge in [-0.25, -0.2) is 4.98 Å². The molecule has 1 saturated heterocycles. The van der Waals surface area contributed by atoms with E-state index in [0.717, 1.165) is 30.8 Å². The molecule has 3 heterocycles. The first-order chi connectivity index (χ1) is 19.3. The van der Waals surface area contributed by atoms with Crippen molar-refractivity contribution in [3.8, 4) is 0 Å². The Balaban J connectivity index is 1.30. The molecule has 0 spiro atoms. The van der Waals surface area contributed by atoms with E-state index in [9.17, 15) is 13.2 Å². The third kappa shape index (κ3) is 7.09. The van der Waals surface area contributed by atoms with Gasteiger partial charge in [-0.05, 0) is 54.8 Å². The first kappa shape index (κ1) is 27.4. The third-order valence-corrected chi connectivity index (χ3v) is 6.76. The van der Waals surface area contributed by atoms with Gasteiger partial charge in [-0.15, -0.1) is 0 Å². The van der Waals surface area contributed by atoms with Crippen LogP contribution in [0.25, 0.3) is 0 Å². The van der Waals surface area contributed by atoms with E-state index in [2.05, 4.69) is 47.6 Å². The van der Waals surface area contributed by atoms with Gasteiger partial charge in [-0.1, -0.05) is 41.9 Å². The summed E-state index contributed by atoms with van der Waals surface area (Å²) in [6.07, 6.45) is -0.914. The van der Waals surface area contributed by atoms with Gasteiger partial charge in [0.15, 0.2) is 0 Å². The summed E-state index contributed by atoms with van der Waals surface area (Å²) in [7, 11) is 0. The van der Waals surface area contributed by atoms with Crippen LogP contribution in [-0.2, 0) is 12.6 Å². The number of anilines is 5. The van der Waals surface area contributed by atoms with Gasteiger partial charge in [-0.2, -0.15) is 28.1 Å². The zero-order valence-corrected chi connectivity index (χ0v) is 22.3. The zero-order valence-electron chi connectivity index (χ0n) is 21.6. The van der Waals surface area contributed by atoms with Gasteiger partial charge in [0.1, 0.15) is 5.82 Å². The summed E-state index contributed by atoms with van der Waals surface area (Å²) in [6, 6.07) is 18.6. The quantitative estimate of drug-likeness (QED) is 0.236. The average Bonchev–Trinajstić information content (AvgIpc) is 2.96. The minimum atomic E-state index is -4.41. The maximum Gasteiger partial charge on any atom is 0.416 e. The van der Waals surface area contributed by atoms with Crippen LogP contribution < -0.4 is 20.4 Å². The molecule has 5 rings (SSSR count). The molecule has 2 aromatic carbocycles. The molecule has 1 aliphatic rings. The Bertz CT molecular complexity index is 1400. The predicted molar refractivity (Wildman–Crippen MR) is 151 cm³/mol. The highest BCUT2D eigenvalue weighted by molar-refractivity contribution is 6.32. The predicted octanol–water partition coefficient (Wildman–Crippen LogP) is 6.05. The summed E-state index contributed by atoms with van der Waals surface area (Å²) in [4.78, 5) is 22.3. The van der Waals surface area contributed by atoms with Crippen molar-refractivity contribution in [1.29, 1.82) is 0 Å². The Morgan fingerprint density at radius 3 is 2.20 bits per heavy atom. The normalized spacial score (nSPS) is 13.8. The van der Waals surface area contributed by atoms with E-state index >= 15 is 0 Å². The van der Waals surface area contributed by atoms with Crippen molar-refractivity contribution in [3.63, 3.8) is 0 Å². The number of nitrogens with one attached hydrogen (secondary N) is 2. The second-order valence-electron chi connectivity index (χ2n) is 9.28. The van der Waals surface area contributed by atoms with Gasteiger partial charge < -0.3 is 20.4 Å².